The van der Waals surface area contributed by atoms with Gasteiger partial charge in [0.1, 0.15) is 11.2 Å². The van der Waals surface area contributed by atoms with Gasteiger partial charge in [0.15, 0.2) is 0 Å². The van der Waals surface area contributed by atoms with Gasteiger partial charge in [-0.2, -0.15) is 0 Å². The zero-order valence-electron chi connectivity index (χ0n) is 27.8. The van der Waals surface area contributed by atoms with Crippen LogP contribution in [0, 0.1) is 0 Å². The Hall–Kier alpha value is -6.64. The van der Waals surface area contributed by atoms with Crippen molar-refractivity contribution >= 4 is 39.0 Å². The molecule has 8 aromatic carbocycles. The van der Waals surface area contributed by atoms with Crippen LogP contribution in [0.5, 0.6) is 0 Å². The van der Waals surface area contributed by atoms with Gasteiger partial charge in [0.05, 0.1) is 5.41 Å². The molecule has 0 bridgehead atoms. The van der Waals surface area contributed by atoms with Gasteiger partial charge in [0, 0.05) is 27.8 Å². The molecule has 2 aliphatic rings. The summed E-state index contributed by atoms with van der Waals surface area (Å²) in [6.07, 6.45) is 0. The van der Waals surface area contributed by atoms with Gasteiger partial charge >= 0.3 is 0 Å². The van der Waals surface area contributed by atoms with Crippen LogP contribution in [0.2, 0.25) is 0 Å². The smallest absolute Gasteiger partial charge is 0.135 e. The van der Waals surface area contributed by atoms with Crippen molar-refractivity contribution in [3.63, 3.8) is 0 Å². The van der Waals surface area contributed by atoms with Crippen LogP contribution in [-0.4, -0.2) is 0 Å². The summed E-state index contributed by atoms with van der Waals surface area (Å²) in [6.45, 7) is 0. The molecule has 238 valence electrons. The third kappa shape index (κ3) is 3.93. The molecular formula is C49H31NO. The molecule has 2 nitrogen and oxygen atoms in total. The van der Waals surface area contributed by atoms with Gasteiger partial charge < -0.3 is 9.32 Å². The Labute approximate surface area is 296 Å². The Balaban J connectivity index is 1.17. The maximum absolute atomic E-state index is 6.27. The summed E-state index contributed by atoms with van der Waals surface area (Å²) in [5.41, 5.74) is 17.6. The number of fused-ring (bicyclic) bond motifs is 13. The molecule has 1 spiro atoms. The van der Waals surface area contributed by atoms with Crippen LogP contribution in [0.4, 0.5) is 17.1 Å². The summed E-state index contributed by atoms with van der Waals surface area (Å²) < 4.78 is 6.27. The van der Waals surface area contributed by atoms with Crippen molar-refractivity contribution in [1.82, 2.24) is 0 Å². The molecule has 0 saturated carbocycles. The van der Waals surface area contributed by atoms with Crippen LogP contribution < -0.4 is 4.90 Å². The molecule has 0 aliphatic heterocycles. The molecule has 0 amide bonds. The maximum Gasteiger partial charge on any atom is 0.135 e. The lowest BCUT2D eigenvalue weighted by molar-refractivity contribution is 0.669. The van der Waals surface area contributed by atoms with Crippen molar-refractivity contribution < 1.29 is 4.42 Å². The predicted octanol–water partition coefficient (Wildman–Crippen LogP) is 13.1. The number of anilines is 3. The van der Waals surface area contributed by atoms with E-state index in [2.05, 4.69) is 181 Å². The van der Waals surface area contributed by atoms with E-state index in [1.165, 1.54) is 55.6 Å². The molecule has 0 fully saturated rings. The molecule has 0 N–H and O–H groups in total. The first-order valence-corrected chi connectivity index (χ1v) is 17.6. The molecule has 9 aromatic rings. The number of para-hydroxylation sites is 1. The van der Waals surface area contributed by atoms with Crippen LogP contribution in [0.3, 0.4) is 0 Å². The van der Waals surface area contributed by atoms with E-state index >= 15 is 0 Å². The molecule has 2 heteroatoms. The van der Waals surface area contributed by atoms with Crippen molar-refractivity contribution in [2.45, 2.75) is 5.41 Å². The number of hydrogen-bond donors (Lipinski definition) is 0. The Kier molecular flexibility index (Phi) is 5.91. The molecule has 1 aromatic heterocycles. The molecule has 2 aliphatic carbocycles. The lowest BCUT2D eigenvalue weighted by Gasteiger charge is -2.32. The maximum atomic E-state index is 6.27. The van der Waals surface area contributed by atoms with Crippen molar-refractivity contribution in [2.24, 2.45) is 0 Å². The second-order valence-electron chi connectivity index (χ2n) is 13.6. The number of rotatable bonds is 4. The molecular weight excluding hydrogens is 619 g/mol. The molecule has 51 heavy (non-hydrogen) atoms. The largest absolute Gasteiger partial charge is 0.456 e. The van der Waals surface area contributed by atoms with Crippen LogP contribution in [-0.2, 0) is 5.41 Å². The molecule has 1 heterocycles. The van der Waals surface area contributed by atoms with Crippen molar-refractivity contribution in [2.75, 3.05) is 4.90 Å². The second-order valence-corrected chi connectivity index (χ2v) is 13.6. The van der Waals surface area contributed by atoms with E-state index in [1.807, 2.05) is 12.1 Å². The van der Waals surface area contributed by atoms with Gasteiger partial charge in [-0.25, -0.2) is 0 Å². The first-order valence-electron chi connectivity index (χ1n) is 17.6. The van der Waals surface area contributed by atoms with Gasteiger partial charge in [-0.05, 0) is 104 Å². The van der Waals surface area contributed by atoms with E-state index in [4.69, 9.17) is 4.42 Å². The highest BCUT2D eigenvalue weighted by Crippen LogP contribution is 2.63. The average molecular weight is 650 g/mol. The minimum atomic E-state index is -0.414. The van der Waals surface area contributed by atoms with Crippen LogP contribution in [0.1, 0.15) is 22.3 Å². The fourth-order valence-corrected chi connectivity index (χ4v) is 8.96. The molecule has 0 saturated heterocycles. The van der Waals surface area contributed by atoms with Crippen molar-refractivity contribution in [1.29, 1.82) is 0 Å². The van der Waals surface area contributed by atoms with E-state index in [1.54, 1.807) is 0 Å². The highest BCUT2D eigenvalue weighted by Gasteiger charge is 2.51. The Bertz CT molecular complexity index is 2750. The zero-order valence-corrected chi connectivity index (χ0v) is 27.8. The molecule has 11 rings (SSSR count). The first-order chi connectivity index (χ1) is 25.3. The van der Waals surface area contributed by atoms with Gasteiger partial charge in [0.25, 0.3) is 0 Å². The number of benzene rings is 8. The van der Waals surface area contributed by atoms with Gasteiger partial charge in [-0.3, -0.25) is 0 Å². The molecule has 0 unspecified atom stereocenters. The van der Waals surface area contributed by atoms with E-state index in [0.717, 1.165) is 39.0 Å². The number of furan rings is 1. The standard InChI is InChI=1S/C49H31NO/c1-2-12-32(13-3-1)33-22-24-34(25-23-33)50(35-27-29-48-42(30-35)41-17-7-11-21-47(41)51-48)36-26-28-40-39-16-6-10-20-45(39)49(46(40)31-36)43-18-8-4-14-37(43)38-15-5-9-19-44(38)49/h1-31H. The van der Waals surface area contributed by atoms with Crippen LogP contribution in [0.15, 0.2) is 192 Å². The summed E-state index contributed by atoms with van der Waals surface area (Å²) in [5.74, 6) is 0. The second kappa shape index (κ2) is 10.7. The lowest BCUT2D eigenvalue weighted by atomic mass is 9.70. The van der Waals surface area contributed by atoms with E-state index in [9.17, 15) is 0 Å². The third-order valence-corrected chi connectivity index (χ3v) is 11.1. The third-order valence-electron chi connectivity index (χ3n) is 11.1. The summed E-state index contributed by atoms with van der Waals surface area (Å²) in [5, 5.41) is 2.23. The Morgan fingerprint density at radius 2 is 0.824 bits per heavy atom. The van der Waals surface area contributed by atoms with Gasteiger partial charge in [-0.1, -0.05) is 140 Å². The average Bonchev–Trinajstić information content (AvgIpc) is 3.82. The van der Waals surface area contributed by atoms with Crippen LogP contribution in [0.25, 0.3) is 55.3 Å². The van der Waals surface area contributed by atoms with E-state index in [-0.39, 0.29) is 0 Å². The predicted molar refractivity (Wildman–Crippen MR) is 210 cm³/mol. The normalized spacial score (nSPS) is 13.3. The summed E-state index contributed by atoms with van der Waals surface area (Å²) in [4.78, 5) is 2.40. The number of nitrogens with zero attached hydrogens (tertiary/aromatic N) is 1. The van der Waals surface area contributed by atoms with Crippen molar-refractivity contribution in [3.8, 4) is 33.4 Å². The highest BCUT2D eigenvalue weighted by molar-refractivity contribution is 6.06. The molecule has 0 atom stereocenters. The minimum absolute atomic E-state index is 0.414. The number of hydrogen-bond acceptors (Lipinski definition) is 2. The highest BCUT2D eigenvalue weighted by atomic mass is 16.3. The first kappa shape index (κ1) is 28.2. The zero-order chi connectivity index (χ0) is 33.5. The summed E-state index contributed by atoms with van der Waals surface area (Å²) in [7, 11) is 0. The van der Waals surface area contributed by atoms with Crippen LogP contribution >= 0.6 is 0 Å². The lowest BCUT2D eigenvalue weighted by Crippen LogP contribution is -2.26. The molecule has 0 radical (unpaired) electrons. The monoisotopic (exact) mass is 649 g/mol. The van der Waals surface area contributed by atoms with Gasteiger partial charge in [0.2, 0.25) is 0 Å². The topological polar surface area (TPSA) is 16.4 Å². The van der Waals surface area contributed by atoms with E-state index in [0.29, 0.717) is 0 Å². The Morgan fingerprint density at radius 1 is 0.333 bits per heavy atom. The fraction of sp³-hybridized carbons (Fsp3) is 0.0204. The fourth-order valence-electron chi connectivity index (χ4n) is 8.96. The summed E-state index contributed by atoms with van der Waals surface area (Å²) in [6, 6.07) is 68.5. The minimum Gasteiger partial charge on any atom is -0.456 e. The quantitative estimate of drug-likeness (QED) is 0.189. The van der Waals surface area contributed by atoms with Crippen molar-refractivity contribution in [3.05, 3.63) is 210 Å². The van der Waals surface area contributed by atoms with Gasteiger partial charge in [-0.15, -0.1) is 0 Å². The SMILES string of the molecule is c1ccc(-c2ccc(N(c3ccc4c(c3)C3(c5ccccc5-c5ccccc53)c3ccccc3-4)c3ccc4oc5ccccc5c4c3)cc2)cc1. The van der Waals surface area contributed by atoms with E-state index < -0.39 is 5.41 Å². The Morgan fingerprint density at radius 3 is 1.51 bits per heavy atom. The summed E-state index contributed by atoms with van der Waals surface area (Å²) >= 11 is 0.